The molecule has 1 aromatic heterocycles. The molecule has 1 aliphatic heterocycles. The number of hydrogen-bond acceptors (Lipinski definition) is 4. The van der Waals surface area contributed by atoms with Crippen LogP contribution >= 0.6 is 34.5 Å². The quantitative estimate of drug-likeness (QED) is 0.355. The molecule has 0 radical (unpaired) electrons. The minimum Gasteiger partial charge on any atom is -0.376 e. The van der Waals surface area contributed by atoms with E-state index in [0.717, 1.165) is 23.3 Å². The first-order valence-corrected chi connectivity index (χ1v) is 12.8. The first kappa shape index (κ1) is 24.7. The number of amides is 2. The van der Waals surface area contributed by atoms with E-state index in [9.17, 15) is 9.59 Å². The van der Waals surface area contributed by atoms with Crippen LogP contribution in [0.4, 0.5) is 0 Å². The molecule has 1 fully saturated rings. The summed E-state index contributed by atoms with van der Waals surface area (Å²) < 4.78 is 5.77. The molecule has 0 aliphatic carbocycles. The van der Waals surface area contributed by atoms with E-state index in [0.29, 0.717) is 36.8 Å². The Labute approximate surface area is 213 Å². The van der Waals surface area contributed by atoms with Crippen molar-refractivity contribution in [3.8, 4) is 0 Å². The molecule has 5 nitrogen and oxygen atoms in total. The molecule has 1 aliphatic rings. The van der Waals surface area contributed by atoms with Crippen molar-refractivity contribution in [3.63, 3.8) is 0 Å². The van der Waals surface area contributed by atoms with Crippen LogP contribution in [0.1, 0.15) is 33.6 Å². The van der Waals surface area contributed by atoms with Gasteiger partial charge in [-0.3, -0.25) is 9.59 Å². The van der Waals surface area contributed by atoms with E-state index in [-0.39, 0.29) is 29.5 Å². The highest BCUT2D eigenvalue weighted by Crippen LogP contribution is 2.24. The minimum absolute atomic E-state index is 0.0597. The lowest BCUT2D eigenvalue weighted by Gasteiger charge is -2.29. The summed E-state index contributed by atoms with van der Waals surface area (Å²) in [4.78, 5) is 31.5. The van der Waals surface area contributed by atoms with Gasteiger partial charge in [0.15, 0.2) is 0 Å². The molecule has 2 heterocycles. The van der Waals surface area contributed by atoms with Gasteiger partial charge in [-0.25, -0.2) is 0 Å². The van der Waals surface area contributed by atoms with Gasteiger partial charge in [-0.15, -0.1) is 11.3 Å². The first-order chi connectivity index (χ1) is 16.5. The second-order valence-electron chi connectivity index (χ2n) is 8.26. The van der Waals surface area contributed by atoms with Crippen molar-refractivity contribution in [2.45, 2.75) is 32.0 Å². The minimum atomic E-state index is -0.304. The molecule has 1 saturated heterocycles. The van der Waals surface area contributed by atoms with Gasteiger partial charge < -0.3 is 14.5 Å². The highest BCUT2D eigenvalue weighted by atomic mass is 35.5. The first-order valence-electron chi connectivity index (χ1n) is 11.2. The molecule has 1 atom stereocenters. The number of ether oxygens (including phenoxy) is 1. The van der Waals surface area contributed by atoms with Crippen LogP contribution in [0.25, 0.3) is 0 Å². The molecule has 0 bridgehead atoms. The van der Waals surface area contributed by atoms with Crippen LogP contribution in [0, 0.1) is 0 Å². The average Bonchev–Trinajstić information content (AvgIpc) is 3.53. The molecule has 0 saturated carbocycles. The SMILES string of the molecule is O=C(CN(C[C@H]1CCCO1)C(=O)c1ccc(Cl)cc1Cl)N(Cc1ccccc1)Cc1cccs1. The van der Waals surface area contributed by atoms with Crippen LogP contribution in [0.3, 0.4) is 0 Å². The Kier molecular flexibility index (Phi) is 8.62. The predicted octanol–water partition coefficient (Wildman–Crippen LogP) is 5.91. The van der Waals surface area contributed by atoms with Crippen LogP contribution in [0.2, 0.25) is 10.0 Å². The Hall–Kier alpha value is -2.38. The van der Waals surface area contributed by atoms with Crippen molar-refractivity contribution >= 4 is 46.4 Å². The number of thiophene rings is 1. The zero-order valence-corrected chi connectivity index (χ0v) is 21.0. The standard InChI is InChI=1S/C26H26Cl2N2O3S/c27-20-10-11-23(24(28)14-20)26(32)30(16-21-8-4-12-33-21)18-25(31)29(17-22-9-5-13-34-22)15-19-6-2-1-3-7-19/h1-3,5-7,9-11,13-14,21H,4,8,12,15-18H2/t21-/m1/s1. The summed E-state index contributed by atoms with van der Waals surface area (Å²) in [5, 5.41) is 2.71. The highest BCUT2D eigenvalue weighted by Gasteiger charge is 2.28. The maximum absolute atomic E-state index is 13.6. The fourth-order valence-electron chi connectivity index (χ4n) is 3.98. The van der Waals surface area contributed by atoms with Gasteiger partial charge in [0.1, 0.15) is 6.54 Å². The number of benzene rings is 2. The molecular formula is C26H26Cl2N2O3S. The lowest BCUT2D eigenvalue weighted by Crippen LogP contribution is -2.45. The molecule has 0 unspecified atom stereocenters. The van der Waals surface area contributed by atoms with Gasteiger partial charge in [-0.2, -0.15) is 0 Å². The molecule has 0 N–H and O–H groups in total. The van der Waals surface area contributed by atoms with Crippen LogP contribution in [0.5, 0.6) is 0 Å². The Bertz CT molecular complexity index is 1100. The molecule has 178 valence electrons. The molecule has 3 aromatic rings. The van der Waals surface area contributed by atoms with Crippen LogP contribution in [-0.2, 0) is 22.6 Å². The molecular weight excluding hydrogens is 491 g/mol. The summed E-state index contributed by atoms with van der Waals surface area (Å²) in [6, 6.07) is 18.6. The van der Waals surface area contributed by atoms with Gasteiger partial charge in [0.25, 0.3) is 5.91 Å². The second kappa shape index (κ2) is 11.8. The molecule has 4 rings (SSSR count). The van der Waals surface area contributed by atoms with Crippen LogP contribution in [0.15, 0.2) is 66.0 Å². The van der Waals surface area contributed by atoms with Crippen molar-refractivity contribution in [2.75, 3.05) is 19.7 Å². The Morgan fingerprint density at radius 3 is 2.50 bits per heavy atom. The van der Waals surface area contributed by atoms with E-state index < -0.39 is 0 Å². The second-order valence-corrected chi connectivity index (χ2v) is 10.1. The van der Waals surface area contributed by atoms with Crippen molar-refractivity contribution < 1.29 is 14.3 Å². The number of rotatable bonds is 9. The Balaban J connectivity index is 1.56. The zero-order chi connectivity index (χ0) is 23.9. The topological polar surface area (TPSA) is 49.9 Å². The van der Waals surface area contributed by atoms with E-state index in [4.69, 9.17) is 27.9 Å². The van der Waals surface area contributed by atoms with Crippen LogP contribution < -0.4 is 0 Å². The molecule has 8 heteroatoms. The third-order valence-corrected chi connectivity index (χ3v) is 7.13. The number of halogens is 2. The Morgan fingerprint density at radius 2 is 1.82 bits per heavy atom. The molecule has 0 spiro atoms. The number of carbonyl (C=O) groups is 2. The smallest absolute Gasteiger partial charge is 0.255 e. The molecule has 2 aromatic carbocycles. The lowest BCUT2D eigenvalue weighted by molar-refractivity contribution is -0.133. The van der Waals surface area contributed by atoms with Gasteiger partial charge in [0.05, 0.1) is 23.2 Å². The fraction of sp³-hybridized carbons (Fsp3) is 0.308. The summed E-state index contributed by atoms with van der Waals surface area (Å²) in [6.45, 7) is 1.88. The third-order valence-electron chi connectivity index (χ3n) is 5.72. The van der Waals surface area contributed by atoms with Crippen molar-refractivity contribution in [2.24, 2.45) is 0 Å². The van der Waals surface area contributed by atoms with Gasteiger partial charge in [-0.05, 0) is 48.1 Å². The van der Waals surface area contributed by atoms with Crippen molar-refractivity contribution in [1.29, 1.82) is 0 Å². The molecule has 34 heavy (non-hydrogen) atoms. The monoisotopic (exact) mass is 516 g/mol. The van der Waals surface area contributed by atoms with Crippen molar-refractivity contribution in [3.05, 3.63) is 92.1 Å². The summed E-state index contributed by atoms with van der Waals surface area (Å²) >= 11 is 14.0. The van der Waals surface area contributed by atoms with Gasteiger partial charge in [-0.1, -0.05) is 59.6 Å². The largest absolute Gasteiger partial charge is 0.376 e. The highest BCUT2D eigenvalue weighted by molar-refractivity contribution is 7.09. The summed E-state index contributed by atoms with van der Waals surface area (Å²) in [5.41, 5.74) is 1.36. The Morgan fingerprint density at radius 1 is 1.00 bits per heavy atom. The summed E-state index contributed by atoms with van der Waals surface area (Å²) in [5.74, 6) is -0.435. The number of nitrogens with zero attached hydrogens (tertiary/aromatic N) is 2. The fourth-order valence-corrected chi connectivity index (χ4v) is 5.19. The van der Waals surface area contributed by atoms with Crippen molar-refractivity contribution in [1.82, 2.24) is 9.80 Å². The van der Waals surface area contributed by atoms with Gasteiger partial charge in [0, 0.05) is 29.6 Å². The maximum atomic E-state index is 13.6. The third kappa shape index (κ3) is 6.60. The van der Waals surface area contributed by atoms with E-state index in [1.807, 2.05) is 47.8 Å². The lowest BCUT2D eigenvalue weighted by atomic mass is 10.1. The van der Waals surface area contributed by atoms with E-state index >= 15 is 0 Å². The maximum Gasteiger partial charge on any atom is 0.255 e. The zero-order valence-electron chi connectivity index (χ0n) is 18.7. The normalized spacial score (nSPS) is 15.3. The average molecular weight is 517 g/mol. The molecule has 2 amide bonds. The number of hydrogen-bond donors (Lipinski definition) is 0. The van der Waals surface area contributed by atoms with E-state index in [2.05, 4.69) is 0 Å². The van der Waals surface area contributed by atoms with Gasteiger partial charge in [0.2, 0.25) is 5.91 Å². The van der Waals surface area contributed by atoms with Gasteiger partial charge >= 0.3 is 0 Å². The summed E-state index contributed by atoms with van der Waals surface area (Å²) in [7, 11) is 0. The van der Waals surface area contributed by atoms with E-state index in [1.54, 1.807) is 39.3 Å². The predicted molar refractivity (Wildman–Crippen MR) is 136 cm³/mol. The van der Waals surface area contributed by atoms with Crippen LogP contribution in [-0.4, -0.2) is 47.4 Å². The number of carbonyl (C=O) groups excluding carboxylic acids is 2. The van der Waals surface area contributed by atoms with E-state index in [1.165, 1.54) is 0 Å². The summed E-state index contributed by atoms with van der Waals surface area (Å²) in [6.07, 6.45) is 1.71.